The van der Waals surface area contributed by atoms with E-state index in [0.29, 0.717) is 42.3 Å². The zero-order valence-corrected chi connectivity index (χ0v) is 20.6. The number of amides is 1. The van der Waals surface area contributed by atoms with Crippen molar-refractivity contribution in [2.24, 2.45) is 0 Å². The van der Waals surface area contributed by atoms with Crippen LogP contribution in [-0.2, 0) is 21.4 Å². The van der Waals surface area contributed by atoms with Crippen molar-refractivity contribution in [3.63, 3.8) is 0 Å². The standard InChI is InChI=1S/C23H32N4O3S2/c1-3-26(18-10-6-7-11-18)22(28)17-31-23-24-20-16-19(12-13-21(20)27(23)4-2)32(29,30)25-14-8-5-9-15-25/h10,12-13,16H,3-9,11,14-15,17H2,1-2H3. The first-order valence-corrected chi connectivity index (χ1v) is 14.0. The van der Waals surface area contributed by atoms with Crippen LogP contribution >= 0.6 is 11.8 Å². The van der Waals surface area contributed by atoms with Crippen molar-refractivity contribution in [3.8, 4) is 0 Å². The summed E-state index contributed by atoms with van der Waals surface area (Å²) in [5.74, 6) is 0.404. The van der Waals surface area contributed by atoms with Crippen LogP contribution < -0.4 is 0 Å². The Kier molecular flexibility index (Phi) is 7.27. The normalized spacial score (nSPS) is 17.6. The highest BCUT2D eigenvalue weighted by atomic mass is 32.2. The molecule has 2 heterocycles. The molecule has 1 aromatic heterocycles. The van der Waals surface area contributed by atoms with Crippen LogP contribution in [0.4, 0.5) is 0 Å². The maximum atomic E-state index is 13.1. The lowest BCUT2D eigenvalue weighted by Gasteiger charge is -2.25. The quantitative estimate of drug-likeness (QED) is 0.533. The molecule has 0 N–H and O–H groups in total. The maximum Gasteiger partial charge on any atom is 0.243 e. The van der Waals surface area contributed by atoms with Crippen molar-refractivity contribution < 1.29 is 13.2 Å². The lowest BCUT2D eigenvalue weighted by atomic mass is 10.2. The number of piperidine rings is 1. The second kappa shape index (κ2) is 9.97. The number of hydrogen-bond acceptors (Lipinski definition) is 5. The van der Waals surface area contributed by atoms with Crippen molar-refractivity contribution in [3.05, 3.63) is 30.0 Å². The van der Waals surface area contributed by atoms with Gasteiger partial charge in [0.15, 0.2) is 5.16 Å². The van der Waals surface area contributed by atoms with E-state index < -0.39 is 10.0 Å². The van der Waals surface area contributed by atoms with Crippen LogP contribution in [0.3, 0.4) is 0 Å². The Hall–Kier alpha value is -1.84. The van der Waals surface area contributed by atoms with Gasteiger partial charge in [0.25, 0.3) is 0 Å². The molecule has 0 radical (unpaired) electrons. The Labute approximate surface area is 194 Å². The largest absolute Gasteiger partial charge is 0.319 e. The molecule has 0 saturated carbocycles. The first-order chi connectivity index (χ1) is 15.5. The van der Waals surface area contributed by atoms with Gasteiger partial charge in [-0.25, -0.2) is 13.4 Å². The Morgan fingerprint density at radius 2 is 1.94 bits per heavy atom. The summed E-state index contributed by atoms with van der Waals surface area (Å²) in [5.41, 5.74) is 2.69. The van der Waals surface area contributed by atoms with Crippen molar-refractivity contribution >= 4 is 38.7 Å². The summed E-state index contributed by atoms with van der Waals surface area (Å²) in [7, 11) is -3.50. The Balaban J connectivity index is 1.55. The fraction of sp³-hybridized carbons (Fsp3) is 0.565. The van der Waals surface area contributed by atoms with Gasteiger partial charge in [-0.15, -0.1) is 0 Å². The monoisotopic (exact) mass is 476 g/mol. The molecule has 0 unspecified atom stereocenters. The maximum absolute atomic E-state index is 13.1. The number of fused-ring (bicyclic) bond motifs is 1. The summed E-state index contributed by atoms with van der Waals surface area (Å²) in [6.07, 6.45) is 8.18. The second-order valence-corrected chi connectivity index (χ2v) is 11.1. The lowest BCUT2D eigenvalue weighted by Crippen LogP contribution is -2.35. The third-order valence-corrected chi connectivity index (χ3v) is 9.12. The first kappa shape index (κ1) is 23.3. The molecule has 1 aliphatic heterocycles. The van der Waals surface area contributed by atoms with Crippen molar-refractivity contribution in [1.82, 2.24) is 18.8 Å². The van der Waals surface area contributed by atoms with Gasteiger partial charge in [-0.1, -0.05) is 24.3 Å². The molecule has 1 aliphatic carbocycles. The predicted octanol–water partition coefficient (Wildman–Crippen LogP) is 4.24. The summed E-state index contributed by atoms with van der Waals surface area (Å²) >= 11 is 1.42. The van der Waals surface area contributed by atoms with Gasteiger partial charge in [-0.2, -0.15) is 4.31 Å². The molecule has 2 aliphatic rings. The second-order valence-electron chi connectivity index (χ2n) is 8.27. The van der Waals surface area contributed by atoms with Crippen LogP contribution in [0.25, 0.3) is 11.0 Å². The van der Waals surface area contributed by atoms with Gasteiger partial charge >= 0.3 is 0 Å². The first-order valence-electron chi connectivity index (χ1n) is 11.6. The van der Waals surface area contributed by atoms with Crippen LogP contribution in [0.5, 0.6) is 0 Å². The predicted molar refractivity (Wildman–Crippen MR) is 128 cm³/mol. The third kappa shape index (κ3) is 4.61. The number of aryl methyl sites for hydroxylation is 1. The molecule has 4 rings (SSSR count). The highest BCUT2D eigenvalue weighted by Crippen LogP contribution is 2.29. The molecule has 1 amide bonds. The average Bonchev–Trinajstić information content (AvgIpc) is 3.46. The van der Waals surface area contributed by atoms with Gasteiger partial charge in [0, 0.05) is 31.9 Å². The van der Waals surface area contributed by atoms with E-state index in [9.17, 15) is 13.2 Å². The summed E-state index contributed by atoms with van der Waals surface area (Å²) < 4.78 is 29.8. The number of hydrogen-bond donors (Lipinski definition) is 0. The number of sulfonamides is 1. The number of benzene rings is 1. The fourth-order valence-electron chi connectivity index (χ4n) is 4.56. The van der Waals surface area contributed by atoms with Crippen LogP contribution in [0.2, 0.25) is 0 Å². The number of imidazole rings is 1. The van der Waals surface area contributed by atoms with Crippen LogP contribution in [0.1, 0.15) is 52.4 Å². The fourth-order valence-corrected chi connectivity index (χ4v) is 7.05. The van der Waals surface area contributed by atoms with Crippen LogP contribution in [0.15, 0.2) is 40.0 Å². The average molecular weight is 477 g/mol. The highest BCUT2D eigenvalue weighted by molar-refractivity contribution is 7.99. The van der Waals surface area contributed by atoms with Crippen molar-refractivity contribution in [2.45, 2.75) is 69.0 Å². The summed E-state index contributed by atoms with van der Waals surface area (Å²) in [4.78, 5) is 19.7. The van der Waals surface area contributed by atoms with Gasteiger partial charge in [0.1, 0.15) is 0 Å². The molecular formula is C23H32N4O3S2. The summed E-state index contributed by atoms with van der Waals surface area (Å²) in [6.45, 7) is 6.58. The number of rotatable bonds is 8. The molecule has 1 fully saturated rings. The lowest BCUT2D eigenvalue weighted by molar-refractivity contribution is -0.126. The van der Waals surface area contributed by atoms with Crippen LogP contribution in [-0.4, -0.2) is 58.5 Å². The summed E-state index contributed by atoms with van der Waals surface area (Å²) in [6, 6.07) is 5.21. The molecule has 174 valence electrons. The smallest absolute Gasteiger partial charge is 0.243 e. The molecule has 1 aromatic carbocycles. The minimum Gasteiger partial charge on any atom is -0.319 e. The Morgan fingerprint density at radius 3 is 2.59 bits per heavy atom. The van der Waals surface area contributed by atoms with Gasteiger partial charge in [-0.05, 0) is 64.2 Å². The van der Waals surface area contributed by atoms with E-state index in [1.807, 2.05) is 24.8 Å². The number of allylic oxidation sites excluding steroid dienone is 2. The molecule has 32 heavy (non-hydrogen) atoms. The van der Waals surface area contributed by atoms with Gasteiger partial charge in [-0.3, -0.25) is 4.79 Å². The van der Waals surface area contributed by atoms with Crippen molar-refractivity contribution in [1.29, 1.82) is 0 Å². The Morgan fingerprint density at radius 1 is 1.16 bits per heavy atom. The Bertz CT molecular complexity index is 1120. The third-order valence-electron chi connectivity index (χ3n) is 6.26. The minimum atomic E-state index is -3.50. The number of carbonyl (C=O) groups excluding carboxylic acids is 1. The molecule has 0 atom stereocenters. The van der Waals surface area contributed by atoms with Crippen molar-refractivity contribution in [2.75, 3.05) is 25.4 Å². The zero-order valence-electron chi connectivity index (χ0n) is 18.9. The van der Waals surface area contributed by atoms with Gasteiger partial charge < -0.3 is 9.47 Å². The number of nitrogens with zero attached hydrogens (tertiary/aromatic N) is 4. The highest BCUT2D eigenvalue weighted by Gasteiger charge is 2.27. The molecule has 9 heteroatoms. The summed E-state index contributed by atoms with van der Waals surface area (Å²) in [5, 5.41) is 0.750. The number of aromatic nitrogens is 2. The number of carbonyl (C=O) groups is 1. The topological polar surface area (TPSA) is 75.5 Å². The minimum absolute atomic E-state index is 0.0914. The van der Waals surface area contributed by atoms with E-state index >= 15 is 0 Å². The van der Waals surface area contributed by atoms with E-state index in [-0.39, 0.29) is 5.91 Å². The van der Waals surface area contributed by atoms with Gasteiger partial charge in [0.2, 0.25) is 15.9 Å². The van der Waals surface area contributed by atoms with E-state index in [1.54, 1.807) is 16.4 Å². The van der Waals surface area contributed by atoms with E-state index in [4.69, 9.17) is 4.98 Å². The zero-order chi connectivity index (χ0) is 22.7. The molecule has 7 nitrogen and oxygen atoms in total. The number of thioether (sulfide) groups is 1. The SMILES string of the molecule is CCN(C(=O)CSc1nc2cc(S(=O)(=O)N3CCCCC3)ccc2n1CC)C1=CCCC1. The van der Waals surface area contributed by atoms with E-state index in [0.717, 1.165) is 54.9 Å². The molecule has 2 aromatic rings. The molecule has 0 spiro atoms. The molecule has 1 saturated heterocycles. The molecule has 0 bridgehead atoms. The van der Waals surface area contributed by atoms with E-state index in [2.05, 4.69) is 10.6 Å². The molecular weight excluding hydrogens is 444 g/mol. The van der Waals surface area contributed by atoms with E-state index in [1.165, 1.54) is 11.8 Å². The van der Waals surface area contributed by atoms with Crippen LogP contribution in [0, 0.1) is 0 Å². The van der Waals surface area contributed by atoms with Gasteiger partial charge in [0.05, 0.1) is 21.7 Å².